The Kier molecular flexibility index (Phi) is 4.75. The van der Waals surface area contributed by atoms with E-state index in [1.807, 2.05) is 0 Å². The molecule has 1 unspecified atom stereocenters. The standard InChI is InChI=1S/C22H15N5O5S/c1-12-17(25-10-3-2-4-15(25)24-12)19(28)16-18(13-5-7-14(8-6-13)27(31)32)26(21(30)20(16)29)22-23-9-11-33-22/h2-11,18,28H,1H3/b19-16+. The van der Waals surface area contributed by atoms with Crippen LogP contribution < -0.4 is 4.90 Å². The molecular weight excluding hydrogens is 446 g/mol. The van der Waals surface area contributed by atoms with Crippen LogP contribution in [0.25, 0.3) is 11.4 Å². The number of carbonyl (C=O) groups excluding carboxylic acids is 2. The van der Waals surface area contributed by atoms with Crippen molar-refractivity contribution in [3.05, 3.63) is 92.9 Å². The third-order valence-corrected chi connectivity index (χ3v) is 6.19. The lowest BCUT2D eigenvalue weighted by Gasteiger charge is -2.22. The molecular formula is C22H15N5O5S. The van der Waals surface area contributed by atoms with Crippen LogP contribution in [0.2, 0.25) is 0 Å². The van der Waals surface area contributed by atoms with Gasteiger partial charge in [-0.2, -0.15) is 0 Å². The van der Waals surface area contributed by atoms with E-state index in [2.05, 4.69) is 9.97 Å². The molecule has 1 amide bonds. The van der Waals surface area contributed by atoms with Crippen LogP contribution in [0.1, 0.15) is 23.0 Å². The van der Waals surface area contributed by atoms with Gasteiger partial charge in [0.1, 0.15) is 11.3 Å². The molecule has 1 aromatic carbocycles. The van der Waals surface area contributed by atoms with Gasteiger partial charge in [0.2, 0.25) is 0 Å². The molecule has 11 heteroatoms. The van der Waals surface area contributed by atoms with Gasteiger partial charge in [-0.15, -0.1) is 11.3 Å². The second kappa shape index (κ2) is 7.64. The molecule has 164 valence electrons. The Morgan fingerprint density at radius 3 is 2.61 bits per heavy atom. The van der Waals surface area contributed by atoms with E-state index in [1.165, 1.54) is 35.4 Å². The molecule has 4 heterocycles. The number of aliphatic hydroxyl groups is 1. The lowest BCUT2D eigenvalue weighted by atomic mass is 9.96. The average molecular weight is 461 g/mol. The van der Waals surface area contributed by atoms with Gasteiger partial charge >= 0.3 is 5.91 Å². The van der Waals surface area contributed by atoms with E-state index in [-0.39, 0.29) is 27.8 Å². The van der Waals surface area contributed by atoms with E-state index in [0.29, 0.717) is 16.9 Å². The monoisotopic (exact) mass is 461 g/mol. The first-order chi connectivity index (χ1) is 15.9. The fraction of sp³-hybridized carbons (Fsp3) is 0.0909. The molecule has 0 bridgehead atoms. The molecule has 1 fully saturated rings. The SMILES string of the molecule is Cc1nc2ccccn2c1/C(O)=C1\C(=O)C(=O)N(c2nccs2)C1c1ccc([N+](=O)[O-])cc1. The molecule has 0 saturated carbocycles. The van der Waals surface area contributed by atoms with Crippen LogP contribution in [0, 0.1) is 17.0 Å². The predicted molar refractivity (Wildman–Crippen MR) is 120 cm³/mol. The molecule has 1 aliphatic heterocycles. The molecule has 0 radical (unpaired) electrons. The zero-order valence-corrected chi connectivity index (χ0v) is 17.9. The number of nitrogens with zero attached hydrogens (tertiary/aromatic N) is 5. The maximum atomic E-state index is 13.2. The number of rotatable bonds is 4. The molecule has 10 nitrogen and oxygen atoms in total. The number of aromatic nitrogens is 3. The van der Waals surface area contributed by atoms with E-state index in [0.717, 1.165) is 11.3 Å². The van der Waals surface area contributed by atoms with Gasteiger partial charge < -0.3 is 5.11 Å². The van der Waals surface area contributed by atoms with E-state index >= 15 is 0 Å². The summed E-state index contributed by atoms with van der Waals surface area (Å²) in [5.74, 6) is -2.11. The van der Waals surface area contributed by atoms with Crippen LogP contribution in [0.5, 0.6) is 0 Å². The minimum atomic E-state index is -1.02. The van der Waals surface area contributed by atoms with E-state index in [1.54, 1.807) is 41.1 Å². The number of nitro benzene ring substituents is 1. The van der Waals surface area contributed by atoms with Crippen molar-refractivity contribution in [1.29, 1.82) is 0 Å². The number of benzene rings is 1. The average Bonchev–Trinajstić information content (AvgIpc) is 3.50. The van der Waals surface area contributed by atoms with Crippen LogP contribution >= 0.6 is 11.3 Å². The third kappa shape index (κ3) is 3.17. The molecule has 33 heavy (non-hydrogen) atoms. The van der Waals surface area contributed by atoms with Crippen LogP contribution in [0.3, 0.4) is 0 Å². The van der Waals surface area contributed by atoms with Crippen LogP contribution in [0.4, 0.5) is 10.8 Å². The van der Waals surface area contributed by atoms with Gasteiger partial charge in [-0.05, 0) is 36.8 Å². The van der Waals surface area contributed by atoms with Crippen molar-refractivity contribution in [2.24, 2.45) is 0 Å². The smallest absolute Gasteiger partial charge is 0.301 e. The van der Waals surface area contributed by atoms with Crippen molar-refractivity contribution in [3.63, 3.8) is 0 Å². The summed E-state index contributed by atoms with van der Waals surface area (Å²) in [6.45, 7) is 1.69. The summed E-state index contributed by atoms with van der Waals surface area (Å²) in [4.78, 5) is 46.6. The summed E-state index contributed by atoms with van der Waals surface area (Å²) >= 11 is 1.16. The quantitative estimate of drug-likeness (QED) is 0.161. The van der Waals surface area contributed by atoms with Gasteiger partial charge in [0.05, 0.1) is 22.2 Å². The van der Waals surface area contributed by atoms with E-state index < -0.39 is 22.7 Å². The van der Waals surface area contributed by atoms with Gasteiger partial charge in [0.25, 0.3) is 11.5 Å². The highest BCUT2D eigenvalue weighted by Gasteiger charge is 2.48. The Bertz CT molecular complexity index is 1460. The Morgan fingerprint density at radius 1 is 1.18 bits per heavy atom. The number of hydrogen-bond acceptors (Lipinski definition) is 8. The van der Waals surface area contributed by atoms with Crippen LogP contribution in [-0.4, -0.2) is 36.1 Å². The number of pyridine rings is 1. The third-order valence-electron chi connectivity index (χ3n) is 5.42. The normalized spacial score (nSPS) is 17.7. The van der Waals surface area contributed by atoms with E-state index in [4.69, 9.17) is 0 Å². The summed E-state index contributed by atoms with van der Waals surface area (Å²) in [5, 5.41) is 24.4. The molecule has 4 aromatic rings. The number of imidazole rings is 1. The zero-order chi connectivity index (χ0) is 23.3. The number of aryl methyl sites for hydroxylation is 1. The Hall–Kier alpha value is -4.38. The molecule has 1 atom stereocenters. The summed E-state index contributed by atoms with van der Waals surface area (Å²) in [6.07, 6.45) is 3.20. The lowest BCUT2D eigenvalue weighted by Crippen LogP contribution is -2.29. The Balaban J connectivity index is 1.76. The fourth-order valence-corrected chi connectivity index (χ4v) is 4.65. The summed E-state index contributed by atoms with van der Waals surface area (Å²) < 4.78 is 1.63. The Morgan fingerprint density at radius 2 is 1.94 bits per heavy atom. The number of aliphatic hydroxyl groups excluding tert-OH is 1. The summed E-state index contributed by atoms with van der Waals surface area (Å²) in [6, 6.07) is 9.79. The highest BCUT2D eigenvalue weighted by Crippen LogP contribution is 2.43. The number of non-ortho nitro benzene ring substituents is 1. The molecule has 0 aliphatic carbocycles. The largest absolute Gasteiger partial charge is 0.505 e. The predicted octanol–water partition coefficient (Wildman–Crippen LogP) is 3.63. The van der Waals surface area contributed by atoms with Gasteiger partial charge in [-0.25, -0.2) is 9.97 Å². The number of carbonyl (C=O) groups is 2. The second-order valence-corrected chi connectivity index (χ2v) is 8.18. The van der Waals surface area contributed by atoms with Crippen molar-refractivity contribution < 1.29 is 19.6 Å². The van der Waals surface area contributed by atoms with E-state index in [9.17, 15) is 24.8 Å². The summed E-state index contributed by atoms with van der Waals surface area (Å²) in [7, 11) is 0. The molecule has 3 aromatic heterocycles. The molecule has 1 aliphatic rings. The maximum absolute atomic E-state index is 13.2. The molecule has 5 rings (SSSR count). The number of thiazole rings is 1. The maximum Gasteiger partial charge on any atom is 0.301 e. The highest BCUT2D eigenvalue weighted by molar-refractivity contribution is 7.14. The van der Waals surface area contributed by atoms with Gasteiger partial charge in [0, 0.05) is 29.9 Å². The van der Waals surface area contributed by atoms with Gasteiger partial charge in [0.15, 0.2) is 10.9 Å². The minimum Gasteiger partial charge on any atom is -0.505 e. The fourth-order valence-electron chi connectivity index (χ4n) is 3.98. The number of nitro groups is 1. The molecule has 1 saturated heterocycles. The second-order valence-electron chi connectivity index (χ2n) is 7.31. The highest BCUT2D eigenvalue weighted by atomic mass is 32.1. The van der Waals surface area contributed by atoms with Crippen molar-refractivity contribution in [1.82, 2.24) is 14.4 Å². The van der Waals surface area contributed by atoms with Crippen molar-refractivity contribution in [3.8, 4) is 0 Å². The summed E-state index contributed by atoms with van der Waals surface area (Å²) in [5.41, 5.74) is 1.47. The number of hydrogen-bond donors (Lipinski definition) is 1. The first kappa shape index (κ1) is 20.5. The Labute approximate surface area is 190 Å². The minimum absolute atomic E-state index is 0.137. The molecule has 1 N–H and O–H groups in total. The number of ketones is 1. The van der Waals surface area contributed by atoms with Crippen LogP contribution in [-0.2, 0) is 9.59 Å². The lowest BCUT2D eigenvalue weighted by molar-refractivity contribution is -0.384. The number of Topliss-reactive ketones (excluding diaryl/α,β-unsaturated/α-hetero) is 1. The zero-order valence-electron chi connectivity index (χ0n) is 17.1. The van der Waals surface area contributed by atoms with Crippen molar-refractivity contribution >= 4 is 45.3 Å². The van der Waals surface area contributed by atoms with Crippen molar-refractivity contribution in [2.45, 2.75) is 13.0 Å². The van der Waals surface area contributed by atoms with Crippen LogP contribution in [0.15, 0.2) is 65.8 Å². The van der Waals surface area contributed by atoms with Gasteiger partial charge in [-0.3, -0.25) is 29.0 Å². The first-order valence-corrected chi connectivity index (χ1v) is 10.7. The first-order valence-electron chi connectivity index (χ1n) is 9.77. The number of amides is 1. The topological polar surface area (TPSA) is 131 Å². The number of anilines is 1. The van der Waals surface area contributed by atoms with Gasteiger partial charge in [-0.1, -0.05) is 6.07 Å². The number of fused-ring (bicyclic) bond motifs is 1. The molecule has 0 spiro atoms. The van der Waals surface area contributed by atoms with Crippen molar-refractivity contribution in [2.75, 3.05) is 4.90 Å².